The van der Waals surface area contributed by atoms with Crippen molar-refractivity contribution in [3.63, 3.8) is 0 Å². The Balaban J connectivity index is 2.03. The van der Waals surface area contributed by atoms with Crippen molar-refractivity contribution in [1.82, 2.24) is 14.9 Å². The third kappa shape index (κ3) is 1.96. The highest BCUT2D eigenvalue weighted by Gasteiger charge is 2.24. The number of aromatic nitrogens is 2. The first-order chi connectivity index (χ1) is 6.77. The molecule has 4 heteroatoms. The largest absolute Gasteiger partial charge is 0.386 e. The monoisotopic (exact) mass is 195 g/mol. The van der Waals surface area contributed by atoms with Gasteiger partial charge in [-0.3, -0.25) is 0 Å². The zero-order valence-electron chi connectivity index (χ0n) is 8.48. The van der Waals surface area contributed by atoms with Crippen LogP contribution in [-0.4, -0.2) is 27.7 Å². The molecule has 0 radical (unpaired) electrons. The van der Waals surface area contributed by atoms with Gasteiger partial charge in [0.1, 0.15) is 6.10 Å². The van der Waals surface area contributed by atoms with Crippen molar-refractivity contribution in [2.75, 3.05) is 13.1 Å². The predicted molar refractivity (Wildman–Crippen MR) is 53.8 cm³/mol. The lowest BCUT2D eigenvalue weighted by molar-refractivity contribution is 0.0887. The molecule has 2 N–H and O–H groups in total. The quantitative estimate of drug-likeness (QED) is 0.720. The summed E-state index contributed by atoms with van der Waals surface area (Å²) >= 11 is 0. The van der Waals surface area contributed by atoms with Crippen molar-refractivity contribution in [3.05, 3.63) is 18.2 Å². The van der Waals surface area contributed by atoms with Gasteiger partial charge in [-0.2, -0.15) is 0 Å². The number of aryl methyl sites for hydroxylation is 1. The van der Waals surface area contributed by atoms with E-state index in [2.05, 4.69) is 10.3 Å². The van der Waals surface area contributed by atoms with Gasteiger partial charge in [0.05, 0.1) is 12.0 Å². The molecule has 0 aliphatic carbocycles. The van der Waals surface area contributed by atoms with E-state index in [-0.39, 0.29) is 0 Å². The molecule has 0 amide bonds. The van der Waals surface area contributed by atoms with E-state index in [0.717, 1.165) is 31.6 Å². The van der Waals surface area contributed by atoms with E-state index in [9.17, 15) is 5.11 Å². The normalized spacial score (nSPS) is 24.9. The van der Waals surface area contributed by atoms with Crippen molar-refractivity contribution in [2.45, 2.75) is 18.9 Å². The second-order valence-corrected chi connectivity index (χ2v) is 4.02. The van der Waals surface area contributed by atoms with Crippen LogP contribution in [0.3, 0.4) is 0 Å². The first-order valence-corrected chi connectivity index (χ1v) is 5.14. The van der Waals surface area contributed by atoms with Crippen LogP contribution in [0.15, 0.2) is 12.5 Å². The number of imidazole rings is 1. The predicted octanol–water partition coefficient (Wildman–Crippen LogP) is 0.453. The fourth-order valence-corrected chi connectivity index (χ4v) is 1.98. The lowest BCUT2D eigenvalue weighted by Crippen LogP contribution is -2.33. The molecular formula is C10H17N3O. The molecule has 14 heavy (non-hydrogen) atoms. The Labute approximate surface area is 84.0 Å². The standard InChI is InChI=1S/C10H17N3O/c1-13-6-9(12-7-13)10(14)8-3-2-4-11-5-8/h6-8,10-11,14H,2-5H2,1H3. The van der Waals surface area contributed by atoms with Crippen molar-refractivity contribution in [3.8, 4) is 0 Å². The minimum Gasteiger partial charge on any atom is -0.386 e. The molecule has 1 aliphatic heterocycles. The van der Waals surface area contributed by atoms with Crippen molar-refractivity contribution in [1.29, 1.82) is 0 Å². The Morgan fingerprint density at radius 2 is 2.57 bits per heavy atom. The van der Waals surface area contributed by atoms with Gasteiger partial charge in [0.25, 0.3) is 0 Å². The van der Waals surface area contributed by atoms with E-state index in [0.29, 0.717) is 5.92 Å². The van der Waals surface area contributed by atoms with E-state index >= 15 is 0 Å². The van der Waals surface area contributed by atoms with E-state index in [4.69, 9.17) is 0 Å². The maximum absolute atomic E-state index is 10.0. The summed E-state index contributed by atoms with van der Waals surface area (Å²) in [6.07, 6.45) is 5.44. The molecule has 78 valence electrons. The maximum Gasteiger partial charge on any atom is 0.101 e. The first kappa shape index (κ1) is 9.68. The molecular weight excluding hydrogens is 178 g/mol. The molecule has 1 fully saturated rings. The van der Waals surface area contributed by atoms with Gasteiger partial charge < -0.3 is 15.0 Å². The summed E-state index contributed by atoms with van der Waals surface area (Å²) in [6.45, 7) is 1.98. The van der Waals surface area contributed by atoms with E-state index < -0.39 is 6.10 Å². The smallest absolute Gasteiger partial charge is 0.101 e. The van der Waals surface area contributed by atoms with Gasteiger partial charge in [0.15, 0.2) is 0 Å². The molecule has 1 aromatic heterocycles. The molecule has 1 aliphatic rings. The van der Waals surface area contributed by atoms with Crippen LogP contribution < -0.4 is 5.32 Å². The highest BCUT2D eigenvalue weighted by Crippen LogP contribution is 2.25. The molecule has 0 saturated carbocycles. The molecule has 0 aromatic carbocycles. The molecule has 4 nitrogen and oxygen atoms in total. The van der Waals surface area contributed by atoms with Gasteiger partial charge in [-0.05, 0) is 19.4 Å². The second-order valence-electron chi connectivity index (χ2n) is 4.02. The average Bonchev–Trinajstić information content (AvgIpc) is 2.65. The van der Waals surface area contributed by atoms with E-state index in [1.54, 1.807) is 6.33 Å². The summed E-state index contributed by atoms with van der Waals surface area (Å²) in [5, 5.41) is 13.3. The summed E-state index contributed by atoms with van der Waals surface area (Å²) in [4.78, 5) is 4.18. The Kier molecular flexibility index (Phi) is 2.84. The molecule has 2 unspecified atom stereocenters. The van der Waals surface area contributed by atoms with Crippen molar-refractivity contribution in [2.24, 2.45) is 13.0 Å². The highest BCUT2D eigenvalue weighted by atomic mass is 16.3. The third-order valence-electron chi connectivity index (χ3n) is 2.81. The number of hydrogen-bond donors (Lipinski definition) is 2. The van der Waals surface area contributed by atoms with Gasteiger partial charge in [-0.15, -0.1) is 0 Å². The Morgan fingerprint density at radius 1 is 1.71 bits per heavy atom. The molecule has 0 bridgehead atoms. The fraction of sp³-hybridized carbons (Fsp3) is 0.700. The van der Waals surface area contributed by atoms with Crippen LogP contribution in [0.1, 0.15) is 24.6 Å². The third-order valence-corrected chi connectivity index (χ3v) is 2.81. The molecule has 1 aromatic rings. The Morgan fingerprint density at radius 3 is 3.14 bits per heavy atom. The minimum atomic E-state index is -0.413. The van der Waals surface area contributed by atoms with Gasteiger partial charge in [-0.1, -0.05) is 0 Å². The molecule has 2 rings (SSSR count). The summed E-state index contributed by atoms with van der Waals surface area (Å²) in [5.41, 5.74) is 0.793. The molecule has 2 atom stereocenters. The van der Waals surface area contributed by atoms with Crippen LogP contribution in [0.2, 0.25) is 0 Å². The van der Waals surface area contributed by atoms with E-state index in [1.807, 2.05) is 17.8 Å². The SMILES string of the molecule is Cn1cnc(C(O)C2CCCNC2)c1. The highest BCUT2D eigenvalue weighted by molar-refractivity contribution is 5.03. The summed E-state index contributed by atoms with van der Waals surface area (Å²) in [6, 6.07) is 0. The number of rotatable bonds is 2. The average molecular weight is 195 g/mol. The van der Waals surface area contributed by atoms with Crippen LogP contribution in [-0.2, 0) is 7.05 Å². The van der Waals surface area contributed by atoms with Gasteiger partial charge in [0.2, 0.25) is 0 Å². The first-order valence-electron chi connectivity index (χ1n) is 5.14. The maximum atomic E-state index is 10.0. The zero-order valence-corrected chi connectivity index (χ0v) is 8.48. The zero-order chi connectivity index (χ0) is 9.97. The summed E-state index contributed by atoms with van der Waals surface area (Å²) < 4.78 is 1.87. The molecule has 0 spiro atoms. The van der Waals surface area contributed by atoms with E-state index in [1.165, 1.54) is 0 Å². The number of nitrogens with zero attached hydrogens (tertiary/aromatic N) is 2. The number of hydrogen-bond acceptors (Lipinski definition) is 3. The number of piperidine rings is 1. The number of aliphatic hydroxyl groups is 1. The van der Waals surface area contributed by atoms with Crippen LogP contribution in [0.25, 0.3) is 0 Å². The minimum absolute atomic E-state index is 0.318. The van der Waals surface area contributed by atoms with Crippen LogP contribution in [0, 0.1) is 5.92 Å². The van der Waals surface area contributed by atoms with Crippen LogP contribution >= 0.6 is 0 Å². The van der Waals surface area contributed by atoms with Crippen molar-refractivity contribution >= 4 is 0 Å². The van der Waals surface area contributed by atoms with Gasteiger partial charge in [-0.25, -0.2) is 4.98 Å². The fourth-order valence-electron chi connectivity index (χ4n) is 1.98. The second kappa shape index (κ2) is 4.11. The molecule has 1 saturated heterocycles. The summed E-state index contributed by atoms with van der Waals surface area (Å²) in [7, 11) is 1.92. The lowest BCUT2D eigenvalue weighted by Gasteiger charge is -2.26. The Hall–Kier alpha value is -0.870. The van der Waals surface area contributed by atoms with Gasteiger partial charge in [0, 0.05) is 25.7 Å². The topological polar surface area (TPSA) is 50.1 Å². The Bertz CT molecular complexity index is 291. The van der Waals surface area contributed by atoms with Crippen LogP contribution in [0.4, 0.5) is 0 Å². The van der Waals surface area contributed by atoms with Crippen molar-refractivity contribution < 1.29 is 5.11 Å². The van der Waals surface area contributed by atoms with Gasteiger partial charge >= 0.3 is 0 Å². The number of aliphatic hydroxyl groups excluding tert-OH is 1. The molecule has 2 heterocycles. The van der Waals surface area contributed by atoms with Crippen LogP contribution in [0.5, 0.6) is 0 Å². The summed E-state index contributed by atoms with van der Waals surface area (Å²) in [5.74, 6) is 0.318. The lowest BCUT2D eigenvalue weighted by atomic mass is 9.92. The number of nitrogens with one attached hydrogen (secondary N) is 1.